The lowest BCUT2D eigenvalue weighted by Crippen LogP contribution is -2.36. The van der Waals surface area contributed by atoms with Crippen molar-refractivity contribution in [2.24, 2.45) is 0 Å². The molecule has 4 heteroatoms. The third-order valence-electron chi connectivity index (χ3n) is 3.18. The second-order valence-electron chi connectivity index (χ2n) is 4.80. The van der Waals surface area contributed by atoms with E-state index in [9.17, 15) is 4.79 Å². The number of rotatable bonds is 7. The lowest BCUT2D eigenvalue weighted by atomic mass is 10.0. The van der Waals surface area contributed by atoms with Gasteiger partial charge in [-0.3, -0.25) is 4.79 Å². The molecule has 0 spiro atoms. The molecule has 0 aliphatic carbocycles. The van der Waals surface area contributed by atoms with Crippen LogP contribution in [0.25, 0.3) is 0 Å². The van der Waals surface area contributed by atoms with Crippen LogP contribution in [0.3, 0.4) is 0 Å². The molecular weight excluding hydrogens is 240 g/mol. The van der Waals surface area contributed by atoms with Crippen molar-refractivity contribution in [1.82, 2.24) is 10.6 Å². The molecule has 0 aromatic heterocycles. The first kappa shape index (κ1) is 15.7. The summed E-state index contributed by atoms with van der Waals surface area (Å²) in [7, 11) is 1.64. The maximum absolute atomic E-state index is 11.7. The van der Waals surface area contributed by atoms with Crippen molar-refractivity contribution < 1.29 is 9.53 Å². The van der Waals surface area contributed by atoms with Crippen LogP contribution in [0.5, 0.6) is 0 Å². The zero-order chi connectivity index (χ0) is 14.3. The number of benzene rings is 1. The van der Waals surface area contributed by atoms with Gasteiger partial charge in [-0.1, -0.05) is 18.2 Å². The third kappa shape index (κ3) is 5.41. The summed E-state index contributed by atoms with van der Waals surface area (Å²) in [5.74, 6) is 0.00170. The van der Waals surface area contributed by atoms with Gasteiger partial charge in [-0.15, -0.1) is 0 Å². The topological polar surface area (TPSA) is 50.4 Å². The van der Waals surface area contributed by atoms with Crippen LogP contribution in [0.2, 0.25) is 0 Å². The summed E-state index contributed by atoms with van der Waals surface area (Å²) >= 11 is 0. The van der Waals surface area contributed by atoms with Crippen LogP contribution in [0.1, 0.15) is 29.7 Å². The second-order valence-corrected chi connectivity index (χ2v) is 4.80. The van der Waals surface area contributed by atoms with Crippen LogP contribution in [0.4, 0.5) is 0 Å². The van der Waals surface area contributed by atoms with Crippen molar-refractivity contribution in [3.63, 3.8) is 0 Å². The SMILES string of the molecule is COCCNCC(=O)NC(C)c1ccc(C)c(C)c1. The fourth-order valence-corrected chi connectivity index (χ4v) is 1.79. The summed E-state index contributed by atoms with van der Waals surface area (Å²) in [6.45, 7) is 7.78. The number of nitrogens with one attached hydrogen (secondary N) is 2. The molecule has 1 unspecified atom stereocenters. The fraction of sp³-hybridized carbons (Fsp3) is 0.533. The molecule has 1 aromatic carbocycles. The molecule has 0 aliphatic rings. The molecule has 0 heterocycles. The van der Waals surface area contributed by atoms with E-state index in [1.165, 1.54) is 11.1 Å². The summed E-state index contributed by atoms with van der Waals surface area (Å²) in [5, 5.41) is 6.00. The molecule has 1 rings (SSSR count). The number of methoxy groups -OCH3 is 1. The highest BCUT2D eigenvalue weighted by Crippen LogP contribution is 2.16. The smallest absolute Gasteiger partial charge is 0.234 e. The number of carbonyl (C=O) groups is 1. The lowest BCUT2D eigenvalue weighted by Gasteiger charge is -2.16. The first-order chi connectivity index (χ1) is 9.04. The zero-order valence-corrected chi connectivity index (χ0v) is 12.2. The molecule has 0 saturated heterocycles. The van der Waals surface area contributed by atoms with E-state index in [0.29, 0.717) is 19.7 Å². The van der Waals surface area contributed by atoms with Crippen LogP contribution < -0.4 is 10.6 Å². The van der Waals surface area contributed by atoms with Crippen molar-refractivity contribution in [1.29, 1.82) is 0 Å². The van der Waals surface area contributed by atoms with Crippen molar-refractivity contribution in [3.05, 3.63) is 34.9 Å². The molecule has 1 atom stereocenters. The number of ether oxygens (including phenoxy) is 1. The zero-order valence-electron chi connectivity index (χ0n) is 12.2. The molecule has 0 radical (unpaired) electrons. The Kier molecular flexibility index (Phi) is 6.53. The largest absolute Gasteiger partial charge is 0.383 e. The minimum absolute atomic E-state index is 0.00170. The monoisotopic (exact) mass is 264 g/mol. The molecule has 106 valence electrons. The minimum Gasteiger partial charge on any atom is -0.383 e. The highest BCUT2D eigenvalue weighted by atomic mass is 16.5. The van der Waals surface area contributed by atoms with Gasteiger partial charge in [0, 0.05) is 13.7 Å². The molecule has 1 aromatic rings. The summed E-state index contributed by atoms with van der Waals surface area (Å²) < 4.78 is 4.90. The predicted octanol–water partition coefficient (Wildman–Crippen LogP) is 1.72. The van der Waals surface area contributed by atoms with Crippen molar-refractivity contribution in [2.75, 3.05) is 26.8 Å². The van der Waals surface area contributed by atoms with Gasteiger partial charge in [0.2, 0.25) is 5.91 Å². The van der Waals surface area contributed by atoms with E-state index in [0.717, 1.165) is 5.56 Å². The van der Waals surface area contributed by atoms with Gasteiger partial charge in [-0.2, -0.15) is 0 Å². The highest BCUT2D eigenvalue weighted by molar-refractivity contribution is 5.78. The van der Waals surface area contributed by atoms with Crippen molar-refractivity contribution in [2.45, 2.75) is 26.8 Å². The van der Waals surface area contributed by atoms with Gasteiger partial charge in [0.1, 0.15) is 0 Å². The number of aryl methyl sites for hydroxylation is 2. The van der Waals surface area contributed by atoms with Gasteiger partial charge in [-0.05, 0) is 37.5 Å². The van der Waals surface area contributed by atoms with Crippen LogP contribution >= 0.6 is 0 Å². The number of hydrogen-bond acceptors (Lipinski definition) is 3. The van der Waals surface area contributed by atoms with Crippen LogP contribution in [0, 0.1) is 13.8 Å². The van der Waals surface area contributed by atoms with Crippen LogP contribution in [0.15, 0.2) is 18.2 Å². The average molecular weight is 264 g/mol. The van der Waals surface area contributed by atoms with Crippen LogP contribution in [-0.4, -0.2) is 32.7 Å². The Morgan fingerprint density at radius 2 is 2.05 bits per heavy atom. The summed E-state index contributed by atoms with van der Waals surface area (Å²) in [6.07, 6.45) is 0. The normalized spacial score (nSPS) is 12.2. The number of amides is 1. The molecule has 0 saturated carbocycles. The maximum atomic E-state index is 11.7. The van der Waals surface area contributed by atoms with E-state index in [-0.39, 0.29) is 11.9 Å². The number of hydrogen-bond donors (Lipinski definition) is 2. The van der Waals surface area contributed by atoms with Crippen LogP contribution in [-0.2, 0) is 9.53 Å². The minimum atomic E-state index is 0.00170. The van der Waals surface area contributed by atoms with Gasteiger partial charge in [0.15, 0.2) is 0 Å². The Balaban J connectivity index is 2.43. The molecule has 1 amide bonds. The molecule has 0 fully saturated rings. The van der Waals surface area contributed by atoms with E-state index in [4.69, 9.17) is 4.74 Å². The Hall–Kier alpha value is -1.39. The molecular formula is C15H24N2O2. The van der Waals surface area contributed by atoms with E-state index in [1.54, 1.807) is 7.11 Å². The van der Waals surface area contributed by atoms with E-state index < -0.39 is 0 Å². The quantitative estimate of drug-likeness (QED) is 0.737. The summed E-state index contributed by atoms with van der Waals surface area (Å²) in [4.78, 5) is 11.7. The maximum Gasteiger partial charge on any atom is 0.234 e. The Bertz CT molecular complexity index is 419. The van der Waals surface area contributed by atoms with E-state index in [2.05, 4.69) is 42.7 Å². The Labute approximate surface area is 115 Å². The molecule has 4 nitrogen and oxygen atoms in total. The molecule has 19 heavy (non-hydrogen) atoms. The van der Waals surface area contributed by atoms with Gasteiger partial charge in [0.05, 0.1) is 19.2 Å². The van der Waals surface area contributed by atoms with Crippen molar-refractivity contribution >= 4 is 5.91 Å². The standard InChI is InChI=1S/C15H24N2O2/c1-11-5-6-14(9-12(11)2)13(3)17-15(18)10-16-7-8-19-4/h5-6,9,13,16H,7-8,10H2,1-4H3,(H,17,18). The average Bonchev–Trinajstić information content (AvgIpc) is 2.38. The van der Waals surface area contributed by atoms with Crippen molar-refractivity contribution in [3.8, 4) is 0 Å². The summed E-state index contributed by atoms with van der Waals surface area (Å²) in [5.41, 5.74) is 3.65. The number of carbonyl (C=O) groups excluding carboxylic acids is 1. The second kappa shape index (κ2) is 7.92. The third-order valence-corrected chi connectivity index (χ3v) is 3.18. The first-order valence-corrected chi connectivity index (χ1v) is 6.60. The fourth-order valence-electron chi connectivity index (χ4n) is 1.79. The first-order valence-electron chi connectivity index (χ1n) is 6.60. The molecule has 0 aliphatic heterocycles. The molecule has 0 bridgehead atoms. The van der Waals surface area contributed by atoms with E-state index >= 15 is 0 Å². The Morgan fingerprint density at radius 1 is 1.32 bits per heavy atom. The van der Waals surface area contributed by atoms with Gasteiger partial charge >= 0.3 is 0 Å². The van der Waals surface area contributed by atoms with Gasteiger partial charge < -0.3 is 15.4 Å². The van der Waals surface area contributed by atoms with Gasteiger partial charge in [-0.25, -0.2) is 0 Å². The van der Waals surface area contributed by atoms with E-state index in [1.807, 2.05) is 6.92 Å². The molecule has 2 N–H and O–H groups in total. The van der Waals surface area contributed by atoms with Gasteiger partial charge in [0.25, 0.3) is 0 Å². The lowest BCUT2D eigenvalue weighted by molar-refractivity contribution is -0.120. The highest BCUT2D eigenvalue weighted by Gasteiger charge is 2.09. The predicted molar refractivity (Wildman–Crippen MR) is 77.2 cm³/mol. The Morgan fingerprint density at radius 3 is 2.68 bits per heavy atom. The summed E-state index contributed by atoms with van der Waals surface area (Å²) in [6, 6.07) is 6.30.